The first-order valence-corrected chi connectivity index (χ1v) is 12.0. The predicted octanol–water partition coefficient (Wildman–Crippen LogP) is 3.98. The van der Waals surface area contributed by atoms with E-state index in [2.05, 4.69) is 5.32 Å². The molecular weight excluding hydrogens is 400 g/mol. The van der Waals surface area contributed by atoms with Crippen LogP contribution in [0, 0.1) is 0 Å². The Kier molecular flexibility index (Phi) is 7.87. The first kappa shape index (κ1) is 22.3. The summed E-state index contributed by atoms with van der Waals surface area (Å²) >= 11 is 0. The predicted molar refractivity (Wildman–Crippen MR) is 118 cm³/mol. The van der Waals surface area contributed by atoms with Gasteiger partial charge in [0.25, 0.3) is 15.9 Å². The van der Waals surface area contributed by atoms with E-state index in [0.717, 1.165) is 19.3 Å². The van der Waals surface area contributed by atoms with Gasteiger partial charge in [-0.1, -0.05) is 31.0 Å². The number of carbonyl (C=O) groups is 1. The minimum atomic E-state index is -3.65. The van der Waals surface area contributed by atoms with Gasteiger partial charge in [-0.25, -0.2) is 8.42 Å². The van der Waals surface area contributed by atoms with Crippen LogP contribution in [0.5, 0.6) is 0 Å². The lowest BCUT2D eigenvalue weighted by molar-refractivity contribution is 0.0565. The zero-order valence-electron chi connectivity index (χ0n) is 17.4. The Labute approximate surface area is 179 Å². The van der Waals surface area contributed by atoms with Crippen LogP contribution in [-0.2, 0) is 14.8 Å². The Hall–Kier alpha value is -2.38. The van der Waals surface area contributed by atoms with Gasteiger partial charge in [0.2, 0.25) is 0 Å². The highest BCUT2D eigenvalue weighted by molar-refractivity contribution is 7.92. The summed E-state index contributed by atoms with van der Waals surface area (Å²) in [6.07, 6.45) is 5.96. The first-order chi connectivity index (χ1) is 14.5. The summed E-state index contributed by atoms with van der Waals surface area (Å²) in [5.41, 5.74) is 1.03. The zero-order valence-corrected chi connectivity index (χ0v) is 18.2. The summed E-state index contributed by atoms with van der Waals surface area (Å²) in [5, 5.41) is 2.89. The van der Waals surface area contributed by atoms with Crippen molar-refractivity contribution in [2.75, 3.05) is 24.0 Å². The fourth-order valence-electron chi connectivity index (χ4n) is 3.67. The van der Waals surface area contributed by atoms with Crippen molar-refractivity contribution in [1.29, 1.82) is 0 Å². The maximum Gasteiger partial charge on any atom is 0.264 e. The normalized spacial score (nSPS) is 14.6. The summed E-state index contributed by atoms with van der Waals surface area (Å²) in [6, 6.07) is 15.0. The Morgan fingerprint density at radius 2 is 1.73 bits per heavy atom. The van der Waals surface area contributed by atoms with Crippen LogP contribution < -0.4 is 9.62 Å². The molecule has 1 N–H and O–H groups in total. The van der Waals surface area contributed by atoms with Crippen LogP contribution in [0.25, 0.3) is 0 Å². The van der Waals surface area contributed by atoms with E-state index >= 15 is 0 Å². The van der Waals surface area contributed by atoms with Crippen molar-refractivity contribution < 1.29 is 17.9 Å². The zero-order chi connectivity index (χ0) is 21.4. The number of amides is 1. The molecule has 30 heavy (non-hydrogen) atoms. The summed E-state index contributed by atoms with van der Waals surface area (Å²) < 4.78 is 33.0. The largest absolute Gasteiger partial charge is 0.378 e. The fourth-order valence-corrected chi connectivity index (χ4v) is 5.17. The Morgan fingerprint density at radius 1 is 1.07 bits per heavy atom. The minimum Gasteiger partial charge on any atom is -0.378 e. The molecule has 1 amide bonds. The average molecular weight is 431 g/mol. The molecule has 0 aliphatic heterocycles. The van der Waals surface area contributed by atoms with Gasteiger partial charge in [0.05, 0.1) is 16.7 Å². The molecule has 1 aliphatic rings. The highest BCUT2D eigenvalue weighted by Crippen LogP contribution is 2.24. The molecule has 7 heteroatoms. The Balaban J connectivity index is 1.54. The van der Waals surface area contributed by atoms with Crippen molar-refractivity contribution >= 4 is 21.6 Å². The van der Waals surface area contributed by atoms with Crippen molar-refractivity contribution in [3.8, 4) is 0 Å². The van der Waals surface area contributed by atoms with E-state index in [9.17, 15) is 13.2 Å². The van der Waals surface area contributed by atoms with Gasteiger partial charge in [-0.05, 0) is 62.6 Å². The van der Waals surface area contributed by atoms with E-state index in [0.29, 0.717) is 37.1 Å². The molecule has 3 rings (SSSR count). The first-order valence-electron chi connectivity index (χ1n) is 10.6. The van der Waals surface area contributed by atoms with Crippen LogP contribution in [-0.4, -0.2) is 40.1 Å². The van der Waals surface area contributed by atoms with Gasteiger partial charge in [0, 0.05) is 25.3 Å². The highest BCUT2D eigenvalue weighted by atomic mass is 32.2. The summed E-state index contributed by atoms with van der Waals surface area (Å²) in [6.45, 7) is 3.29. The second-order valence-corrected chi connectivity index (χ2v) is 9.28. The van der Waals surface area contributed by atoms with E-state index in [1.54, 1.807) is 61.5 Å². The molecule has 0 aromatic heterocycles. The minimum absolute atomic E-state index is 0.170. The maximum absolute atomic E-state index is 12.9. The monoisotopic (exact) mass is 430 g/mol. The van der Waals surface area contributed by atoms with Crippen molar-refractivity contribution in [3.05, 3.63) is 60.2 Å². The molecule has 0 atom stereocenters. The molecule has 2 aromatic carbocycles. The van der Waals surface area contributed by atoms with Gasteiger partial charge in [-0.2, -0.15) is 0 Å². The lowest BCUT2D eigenvalue weighted by Crippen LogP contribution is -2.31. The standard InChI is InChI=1S/C23H30N2O4S/c1-2-25(30(27,28)22-11-4-3-5-12-22)20-15-13-19(14-16-20)23(26)24-17-8-18-29-21-9-6-7-10-21/h3-5,11-16,21H,2,6-10,17-18H2,1H3,(H,24,26). The average Bonchev–Trinajstić information content (AvgIpc) is 3.28. The molecule has 0 unspecified atom stereocenters. The molecule has 162 valence electrons. The summed E-state index contributed by atoms with van der Waals surface area (Å²) in [5.74, 6) is -0.170. The van der Waals surface area contributed by atoms with Crippen LogP contribution in [0.1, 0.15) is 49.4 Å². The van der Waals surface area contributed by atoms with Crippen LogP contribution in [0.3, 0.4) is 0 Å². The van der Waals surface area contributed by atoms with E-state index in [1.165, 1.54) is 17.1 Å². The second kappa shape index (κ2) is 10.6. The lowest BCUT2D eigenvalue weighted by Gasteiger charge is -2.23. The molecule has 6 nitrogen and oxygen atoms in total. The SMILES string of the molecule is CCN(c1ccc(C(=O)NCCCOC2CCCC2)cc1)S(=O)(=O)c1ccccc1. The Morgan fingerprint density at radius 3 is 2.37 bits per heavy atom. The third-order valence-electron chi connectivity index (χ3n) is 5.30. The molecule has 1 aliphatic carbocycles. The number of anilines is 1. The number of hydrogen-bond acceptors (Lipinski definition) is 4. The molecule has 0 spiro atoms. The third kappa shape index (κ3) is 5.61. The van der Waals surface area contributed by atoms with E-state index < -0.39 is 10.0 Å². The van der Waals surface area contributed by atoms with Crippen LogP contribution >= 0.6 is 0 Å². The van der Waals surface area contributed by atoms with Gasteiger partial charge in [0.15, 0.2) is 0 Å². The molecule has 2 aromatic rings. The van der Waals surface area contributed by atoms with Crippen molar-refractivity contribution in [2.45, 2.75) is 50.0 Å². The van der Waals surface area contributed by atoms with E-state index in [4.69, 9.17) is 4.74 Å². The topological polar surface area (TPSA) is 75.7 Å². The van der Waals surface area contributed by atoms with Gasteiger partial charge < -0.3 is 10.1 Å². The molecule has 0 heterocycles. The van der Waals surface area contributed by atoms with Gasteiger partial charge in [-0.15, -0.1) is 0 Å². The van der Waals surface area contributed by atoms with Gasteiger partial charge >= 0.3 is 0 Å². The summed E-state index contributed by atoms with van der Waals surface area (Å²) in [4.78, 5) is 12.6. The number of sulfonamides is 1. The molecule has 0 saturated heterocycles. The maximum atomic E-state index is 12.9. The quantitative estimate of drug-likeness (QED) is 0.579. The Bertz CT molecular complexity index is 908. The van der Waals surface area contributed by atoms with E-state index in [1.807, 2.05) is 0 Å². The fraction of sp³-hybridized carbons (Fsp3) is 0.435. The van der Waals surface area contributed by atoms with Crippen molar-refractivity contribution in [1.82, 2.24) is 5.32 Å². The number of ether oxygens (including phenoxy) is 1. The lowest BCUT2D eigenvalue weighted by atomic mass is 10.2. The van der Waals surface area contributed by atoms with E-state index in [-0.39, 0.29) is 10.8 Å². The molecule has 0 radical (unpaired) electrons. The number of nitrogens with zero attached hydrogens (tertiary/aromatic N) is 1. The number of rotatable bonds is 10. The smallest absolute Gasteiger partial charge is 0.264 e. The molecule has 1 saturated carbocycles. The van der Waals surface area contributed by atoms with Gasteiger partial charge in [-0.3, -0.25) is 9.10 Å². The van der Waals surface area contributed by atoms with Crippen LogP contribution in [0.15, 0.2) is 59.5 Å². The molecule has 1 fully saturated rings. The van der Waals surface area contributed by atoms with Crippen LogP contribution in [0.2, 0.25) is 0 Å². The number of hydrogen-bond donors (Lipinski definition) is 1. The number of nitrogens with one attached hydrogen (secondary N) is 1. The molecular formula is C23H30N2O4S. The number of benzene rings is 2. The highest BCUT2D eigenvalue weighted by Gasteiger charge is 2.23. The van der Waals surface area contributed by atoms with Gasteiger partial charge in [0.1, 0.15) is 0 Å². The van der Waals surface area contributed by atoms with Crippen molar-refractivity contribution in [2.24, 2.45) is 0 Å². The molecule has 0 bridgehead atoms. The third-order valence-corrected chi connectivity index (χ3v) is 7.22. The summed E-state index contributed by atoms with van der Waals surface area (Å²) in [7, 11) is -3.65. The number of carbonyl (C=O) groups excluding carboxylic acids is 1. The van der Waals surface area contributed by atoms with Crippen molar-refractivity contribution in [3.63, 3.8) is 0 Å². The van der Waals surface area contributed by atoms with Crippen LogP contribution in [0.4, 0.5) is 5.69 Å². The second-order valence-electron chi connectivity index (χ2n) is 7.42.